The lowest BCUT2D eigenvalue weighted by Gasteiger charge is -2.17. The summed E-state index contributed by atoms with van der Waals surface area (Å²) in [6.45, 7) is 4.15. The molecule has 0 saturated carbocycles. The van der Waals surface area contributed by atoms with Gasteiger partial charge in [0.05, 0.1) is 18.0 Å². The first-order chi connectivity index (χ1) is 10.3. The second kappa shape index (κ2) is 5.78. The van der Waals surface area contributed by atoms with E-state index in [0.717, 1.165) is 29.1 Å². The quantitative estimate of drug-likeness (QED) is 0.779. The van der Waals surface area contributed by atoms with Crippen molar-refractivity contribution in [3.63, 3.8) is 0 Å². The molecule has 6 heteroatoms. The van der Waals surface area contributed by atoms with Crippen molar-refractivity contribution >= 4 is 5.69 Å². The predicted molar refractivity (Wildman–Crippen MR) is 79.3 cm³/mol. The van der Waals surface area contributed by atoms with E-state index in [0.29, 0.717) is 0 Å². The maximum Gasteiger partial charge on any atom is 0.143 e. The SMILES string of the molecule is CCC(Nc1ccc(C)c(-n2cnnn2)c1)c1ccco1. The Morgan fingerprint density at radius 2 is 2.24 bits per heavy atom. The fourth-order valence-electron chi connectivity index (χ4n) is 2.28. The van der Waals surface area contributed by atoms with Crippen LogP contribution < -0.4 is 5.32 Å². The first-order valence-electron chi connectivity index (χ1n) is 6.92. The zero-order valence-corrected chi connectivity index (χ0v) is 12.0. The number of nitrogens with one attached hydrogen (secondary N) is 1. The number of tetrazole rings is 1. The maximum atomic E-state index is 5.48. The van der Waals surface area contributed by atoms with Gasteiger partial charge in [0.1, 0.15) is 12.1 Å². The molecule has 0 amide bonds. The van der Waals surface area contributed by atoms with Gasteiger partial charge >= 0.3 is 0 Å². The molecule has 0 fully saturated rings. The summed E-state index contributed by atoms with van der Waals surface area (Å²) < 4.78 is 7.15. The number of hydrogen-bond acceptors (Lipinski definition) is 5. The third kappa shape index (κ3) is 2.79. The third-order valence-corrected chi connectivity index (χ3v) is 3.44. The predicted octanol–water partition coefficient (Wildman–Crippen LogP) is 3.13. The van der Waals surface area contributed by atoms with E-state index in [-0.39, 0.29) is 6.04 Å². The summed E-state index contributed by atoms with van der Waals surface area (Å²) in [7, 11) is 0. The smallest absolute Gasteiger partial charge is 0.143 e. The van der Waals surface area contributed by atoms with Gasteiger partial charge in [-0.15, -0.1) is 5.10 Å². The monoisotopic (exact) mass is 283 g/mol. The van der Waals surface area contributed by atoms with Gasteiger partial charge in [-0.05, 0) is 53.6 Å². The minimum atomic E-state index is 0.143. The van der Waals surface area contributed by atoms with Gasteiger partial charge in [-0.2, -0.15) is 0 Å². The van der Waals surface area contributed by atoms with Crippen molar-refractivity contribution in [1.82, 2.24) is 20.2 Å². The Morgan fingerprint density at radius 1 is 1.33 bits per heavy atom. The van der Waals surface area contributed by atoms with Crippen molar-refractivity contribution in [3.8, 4) is 5.69 Å². The van der Waals surface area contributed by atoms with Crippen molar-refractivity contribution in [3.05, 3.63) is 54.2 Å². The average molecular weight is 283 g/mol. The molecule has 2 aromatic heterocycles. The van der Waals surface area contributed by atoms with E-state index < -0.39 is 0 Å². The molecule has 1 atom stereocenters. The number of furan rings is 1. The molecule has 0 aliphatic carbocycles. The second-order valence-electron chi connectivity index (χ2n) is 4.88. The van der Waals surface area contributed by atoms with Crippen LogP contribution in [0.3, 0.4) is 0 Å². The Balaban J connectivity index is 1.88. The van der Waals surface area contributed by atoms with Gasteiger partial charge in [0.2, 0.25) is 0 Å². The number of benzene rings is 1. The van der Waals surface area contributed by atoms with Crippen LogP contribution in [-0.4, -0.2) is 20.2 Å². The molecule has 21 heavy (non-hydrogen) atoms. The van der Waals surface area contributed by atoms with Crippen molar-refractivity contribution in [2.24, 2.45) is 0 Å². The minimum Gasteiger partial charge on any atom is -0.467 e. The zero-order valence-electron chi connectivity index (χ0n) is 12.0. The van der Waals surface area contributed by atoms with Crippen LogP contribution in [0, 0.1) is 6.92 Å². The van der Waals surface area contributed by atoms with Gasteiger partial charge in [-0.3, -0.25) is 0 Å². The first-order valence-corrected chi connectivity index (χ1v) is 6.92. The number of aromatic nitrogens is 4. The fourth-order valence-corrected chi connectivity index (χ4v) is 2.28. The maximum absolute atomic E-state index is 5.48. The van der Waals surface area contributed by atoms with Gasteiger partial charge in [0.15, 0.2) is 0 Å². The number of hydrogen-bond donors (Lipinski definition) is 1. The molecule has 3 rings (SSSR count). The van der Waals surface area contributed by atoms with Crippen LogP contribution in [0.5, 0.6) is 0 Å². The number of rotatable bonds is 5. The molecule has 2 heterocycles. The van der Waals surface area contributed by atoms with Crippen molar-refractivity contribution in [2.75, 3.05) is 5.32 Å². The van der Waals surface area contributed by atoms with E-state index in [1.807, 2.05) is 31.2 Å². The highest BCUT2D eigenvalue weighted by molar-refractivity contribution is 5.55. The Kier molecular flexibility index (Phi) is 3.68. The van der Waals surface area contributed by atoms with E-state index in [1.165, 1.54) is 0 Å². The minimum absolute atomic E-state index is 0.143. The molecule has 6 nitrogen and oxygen atoms in total. The van der Waals surface area contributed by atoms with Crippen LogP contribution in [0.25, 0.3) is 5.69 Å². The van der Waals surface area contributed by atoms with Crippen LogP contribution in [0.4, 0.5) is 5.69 Å². The molecule has 1 unspecified atom stereocenters. The lowest BCUT2D eigenvalue weighted by Crippen LogP contribution is -2.09. The molecule has 0 radical (unpaired) electrons. The average Bonchev–Trinajstić information content (AvgIpc) is 3.19. The van der Waals surface area contributed by atoms with Gasteiger partial charge in [-0.25, -0.2) is 4.68 Å². The van der Waals surface area contributed by atoms with Crippen molar-refractivity contribution in [2.45, 2.75) is 26.3 Å². The summed E-state index contributed by atoms with van der Waals surface area (Å²) in [6, 6.07) is 10.2. The Morgan fingerprint density at radius 3 is 2.90 bits per heavy atom. The van der Waals surface area contributed by atoms with Gasteiger partial charge in [-0.1, -0.05) is 13.0 Å². The molecule has 0 spiro atoms. The lowest BCUT2D eigenvalue weighted by molar-refractivity contribution is 0.474. The van der Waals surface area contributed by atoms with Crippen molar-refractivity contribution in [1.29, 1.82) is 0 Å². The molecule has 1 aromatic carbocycles. The molecule has 0 bridgehead atoms. The van der Waals surface area contributed by atoms with Gasteiger partial charge < -0.3 is 9.73 Å². The van der Waals surface area contributed by atoms with Crippen molar-refractivity contribution < 1.29 is 4.42 Å². The molecule has 0 aliphatic heterocycles. The summed E-state index contributed by atoms with van der Waals surface area (Å²) in [5.41, 5.74) is 3.08. The highest BCUT2D eigenvalue weighted by atomic mass is 16.3. The second-order valence-corrected chi connectivity index (χ2v) is 4.88. The van der Waals surface area contributed by atoms with Gasteiger partial charge in [0, 0.05) is 5.69 Å². The van der Waals surface area contributed by atoms with E-state index in [1.54, 1.807) is 17.3 Å². The number of nitrogens with zero attached hydrogens (tertiary/aromatic N) is 4. The normalized spacial score (nSPS) is 12.3. The zero-order chi connectivity index (χ0) is 14.7. The van der Waals surface area contributed by atoms with Crippen LogP contribution in [-0.2, 0) is 0 Å². The Bertz CT molecular complexity index is 691. The fraction of sp³-hybridized carbons (Fsp3) is 0.267. The molecule has 108 valence electrons. The largest absolute Gasteiger partial charge is 0.467 e. The van der Waals surface area contributed by atoms with E-state index in [9.17, 15) is 0 Å². The molecule has 1 N–H and O–H groups in total. The molecule has 3 aromatic rings. The van der Waals surface area contributed by atoms with Crippen LogP contribution in [0.2, 0.25) is 0 Å². The summed E-state index contributed by atoms with van der Waals surface area (Å²) in [5.74, 6) is 0.932. The van der Waals surface area contributed by atoms with Crippen LogP contribution >= 0.6 is 0 Å². The van der Waals surface area contributed by atoms with E-state index in [4.69, 9.17) is 4.42 Å². The number of aryl methyl sites for hydroxylation is 1. The van der Waals surface area contributed by atoms with E-state index in [2.05, 4.69) is 33.8 Å². The summed E-state index contributed by atoms with van der Waals surface area (Å²) >= 11 is 0. The summed E-state index contributed by atoms with van der Waals surface area (Å²) in [6.07, 6.45) is 4.22. The lowest BCUT2D eigenvalue weighted by atomic mass is 10.1. The highest BCUT2D eigenvalue weighted by Gasteiger charge is 2.13. The third-order valence-electron chi connectivity index (χ3n) is 3.44. The number of anilines is 1. The standard InChI is InChI=1S/C15H17N5O/c1-3-13(15-5-4-8-21-15)17-12-7-6-11(2)14(9-12)20-10-16-18-19-20/h4-10,13,17H,3H2,1-2H3. The van der Waals surface area contributed by atoms with Crippen LogP contribution in [0.1, 0.15) is 30.7 Å². The molecule has 0 aliphatic rings. The first kappa shape index (κ1) is 13.4. The van der Waals surface area contributed by atoms with Crippen LogP contribution in [0.15, 0.2) is 47.3 Å². The summed E-state index contributed by atoms with van der Waals surface area (Å²) in [4.78, 5) is 0. The Hall–Kier alpha value is -2.63. The highest BCUT2D eigenvalue weighted by Crippen LogP contribution is 2.25. The summed E-state index contributed by atoms with van der Waals surface area (Å²) in [5, 5.41) is 14.8. The Labute approximate surface area is 122 Å². The molecule has 0 saturated heterocycles. The van der Waals surface area contributed by atoms with Gasteiger partial charge in [0.25, 0.3) is 0 Å². The topological polar surface area (TPSA) is 68.8 Å². The molecular formula is C15H17N5O. The molecular weight excluding hydrogens is 266 g/mol. The van der Waals surface area contributed by atoms with E-state index >= 15 is 0 Å².